The van der Waals surface area contributed by atoms with Crippen LogP contribution in [0.25, 0.3) is 0 Å². The maximum Gasteiger partial charge on any atom is 0.329 e. The molecule has 2 N–H and O–H groups in total. The topological polar surface area (TPSA) is 122 Å². The molecule has 0 aliphatic rings. The van der Waals surface area contributed by atoms with Crippen LogP contribution in [0.1, 0.15) is 6.92 Å². The van der Waals surface area contributed by atoms with E-state index in [1.165, 1.54) is 14.2 Å². The van der Waals surface area contributed by atoms with Gasteiger partial charge in [0, 0.05) is 13.6 Å². The van der Waals surface area contributed by atoms with Crippen LogP contribution < -0.4 is 5.32 Å². The highest BCUT2D eigenvalue weighted by atomic mass is 16.5. The molecule has 0 fully saturated rings. The third kappa shape index (κ3) is 7.31. The Labute approximate surface area is 115 Å². The van der Waals surface area contributed by atoms with E-state index in [0.29, 0.717) is 0 Å². The Kier molecular flexibility index (Phi) is 7.90. The summed E-state index contributed by atoms with van der Waals surface area (Å²) in [5, 5.41) is 10.3. The standard InChI is InChI=1S/C11H18N2O7/c1-7(10(17)19-3)4-13(2)11(18)12-8(14)5-20-6-9(15)16/h7H,4-6H2,1-3H3,(H,15,16)(H,12,14,18). The molecule has 0 aromatic rings. The molecule has 0 rings (SSSR count). The van der Waals surface area contributed by atoms with Gasteiger partial charge < -0.3 is 19.5 Å². The van der Waals surface area contributed by atoms with Crippen LogP contribution in [0.4, 0.5) is 4.79 Å². The molecule has 3 amide bonds. The van der Waals surface area contributed by atoms with Gasteiger partial charge in [0.1, 0.15) is 13.2 Å². The number of rotatable bonds is 7. The minimum atomic E-state index is -1.21. The number of ether oxygens (including phenoxy) is 2. The first-order valence-electron chi connectivity index (χ1n) is 5.70. The fourth-order valence-electron chi connectivity index (χ4n) is 1.25. The number of hydrogen-bond acceptors (Lipinski definition) is 6. The number of carbonyl (C=O) groups excluding carboxylic acids is 3. The molecule has 9 nitrogen and oxygen atoms in total. The predicted molar refractivity (Wildman–Crippen MR) is 65.8 cm³/mol. The van der Waals surface area contributed by atoms with Gasteiger partial charge >= 0.3 is 18.0 Å². The molecule has 0 spiro atoms. The Balaban J connectivity index is 4.09. The summed E-state index contributed by atoms with van der Waals surface area (Å²) in [5.41, 5.74) is 0. The smallest absolute Gasteiger partial charge is 0.329 e. The summed E-state index contributed by atoms with van der Waals surface area (Å²) in [7, 11) is 2.64. The molecule has 9 heteroatoms. The normalized spacial score (nSPS) is 11.3. The second-order valence-corrected chi connectivity index (χ2v) is 4.04. The van der Waals surface area contributed by atoms with Gasteiger partial charge in [-0.05, 0) is 0 Å². The van der Waals surface area contributed by atoms with Crippen molar-refractivity contribution >= 4 is 23.9 Å². The highest BCUT2D eigenvalue weighted by molar-refractivity contribution is 5.95. The minimum Gasteiger partial charge on any atom is -0.480 e. The summed E-state index contributed by atoms with van der Waals surface area (Å²) in [5.74, 6) is -2.99. The lowest BCUT2D eigenvalue weighted by Gasteiger charge is -2.20. The number of carboxylic acids is 1. The zero-order valence-electron chi connectivity index (χ0n) is 11.5. The van der Waals surface area contributed by atoms with Crippen molar-refractivity contribution in [3.63, 3.8) is 0 Å². The molecule has 1 atom stereocenters. The van der Waals surface area contributed by atoms with Gasteiger partial charge in [-0.3, -0.25) is 14.9 Å². The number of esters is 1. The van der Waals surface area contributed by atoms with E-state index >= 15 is 0 Å². The summed E-state index contributed by atoms with van der Waals surface area (Å²) in [6.07, 6.45) is 0. The van der Waals surface area contributed by atoms with Crippen LogP contribution >= 0.6 is 0 Å². The quantitative estimate of drug-likeness (QED) is 0.580. The molecule has 1 unspecified atom stereocenters. The summed E-state index contributed by atoms with van der Waals surface area (Å²) >= 11 is 0. The number of carboxylic acid groups (broad SMARTS) is 1. The van der Waals surface area contributed by atoms with Gasteiger partial charge in [-0.1, -0.05) is 6.92 Å². The predicted octanol–water partition coefficient (Wildman–Crippen LogP) is -0.935. The Bertz CT molecular complexity index is 383. The van der Waals surface area contributed by atoms with Crippen molar-refractivity contribution in [2.75, 3.05) is 33.9 Å². The summed E-state index contributed by atoms with van der Waals surface area (Å²) < 4.78 is 9.03. The zero-order valence-corrected chi connectivity index (χ0v) is 11.5. The molecule has 0 radical (unpaired) electrons. The number of imide groups is 1. The molecular formula is C11H18N2O7. The second-order valence-electron chi connectivity index (χ2n) is 4.04. The molecule has 0 aromatic heterocycles. The molecular weight excluding hydrogens is 272 g/mol. The first-order valence-corrected chi connectivity index (χ1v) is 5.70. The third-order valence-electron chi connectivity index (χ3n) is 2.20. The molecule has 0 aliphatic carbocycles. The number of nitrogens with one attached hydrogen (secondary N) is 1. The highest BCUT2D eigenvalue weighted by Gasteiger charge is 2.19. The lowest BCUT2D eigenvalue weighted by Crippen LogP contribution is -2.44. The van der Waals surface area contributed by atoms with Crippen LogP contribution in [-0.2, 0) is 23.9 Å². The molecule has 0 saturated carbocycles. The number of methoxy groups -OCH3 is 1. The summed E-state index contributed by atoms with van der Waals surface area (Å²) in [6.45, 7) is 0.477. The van der Waals surface area contributed by atoms with Gasteiger partial charge in [-0.25, -0.2) is 9.59 Å². The van der Waals surface area contributed by atoms with Gasteiger partial charge in [0.15, 0.2) is 0 Å². The van der Waals surface area contributed by atoms with Crippen LogP contribution in [0.15, 0.2) is 0 Å². The molecule has 0 aliphatic heterocycles. The number of urea groups is 1. The van der Waals surface area contributed by atoms with Gasteiger partial charge in [-0.2, -0.15) is 0 Å². The maximum absolute atomic E-state index is 11.6. The third-order valence-corrected chi connectivity index (χ3v) is 2.20. The van der Waals surface area contributed by atoms with Crippen molar-refractivity contribution in [2.45, 2.75) is 6.92 Å². The van der Waals surface area contributed by atoms with Gasteiger partial charge in [0.25, 0.3) is 5.91 Å². The van der Waals surface area contributed by atoms with Gasteiger partial charge in [0.2, 0.25) is 0 Å². The van der Waals surface area contributed by atoms with Crippen LogP contribution in [0.2, 0.25) is 0 Å². The number of aliphatic carboxylic acids is 1. The van der Waals surface area contributed by atoms with Gasteiger partial charge in [-0.15, -0.1) is 0 Å². The van der Waals surface area contributed by atoms with Crippen molar-refractivity contribution in [1.29, 1.82) is 0 Å². The molecule has 114 valence electrons. The lowest BCUT2D eigenvalue weighted by molar-refractivity contribution is -0.145. The number of amides is 3. The minimum absolute atomic E-state index is 0.0712. The van der Waals surface area contributed by atoms with Crippen LogP contribution in [0.3, 0.4) is 0 Å². The Hall–Kier alpha value is -2.16. The fourth-order valence-corrected chi connectivity index (χ4v) is 1.25. The number of carbonyl (C=O) groups is 4. The van der Waals surface area contributed by atoms with E-state index in [-0.39, 0.29) is 6.54 Å². The van der Waals surface area contributed by atoms with Crippen molar-refractivity contribution in [2.24, 2.45) is 5.92 Å². The molecule has 0 saturated heterocycles. The van der Waals surface area contributed by atoms with Crippen LogP contribution in [0, 0.1) is 5.92 Å². The van der Waals surface area contributed by atoms with Gasteiger partial charge in [0.05, 0.1) is 13.0 Å². The zero-order chi connectivity index (χ0) is 15.7. The molecule has 0 aromatic carbocycles. The Morgan fingerprint density at radius 3 is 2.35 bits per heavy atom. The van der Waals surface area contributed by atoms with E-state index in [1.807, 2.05) is 5.32 Å². The van der Waals surface area contributed by atoms with Crippen LogP contribution in [-0.4, -0.2) is 67.8 Å². The average Bonchev–Trinajstić information content (AvgIpc) is 2.36. The molecule has 0 bridgehead atoms. The molecule has 20 heavy (non-hydrogen) atoms. The summed E-state index contributed by atoms with van der Waals surface area (Å²) in [4.78, 5) is 45.3. The Morgan fingerprint density at radius 1 is 1.25 bits per heavy atom. The largest absolute Gasteiger partial charge is 0.480 e. The Morgan fingerprint density at radius 2 is 1.85 bits per heavy atom. The first-order chi connectivity index (χ1) is 9.27. The van der Waals surface area contributed by atoms with Crippen molar-refractivity contribution in [3.8, 4) is 0 Å². The van der Waals surface area contributed by atoms with Crippen molar-refractivity contribution < 1.29 is 33.8 Å². The fraction of sp³-hybridized carbons (Fsp3) is 0.636. The van der Waals surface area contributed by atoms with Crippen molar-refractivity contribution in [3.05, 3.63) is 0 Å². The SMILES string of the molecule is COC(=O)C(C)CN(C)C(=O)NC(=O)COCC(=O)O. The second kappa shape index (κ2) is 8.86. The average molecular weight is 290 g/mol. The maximum atomic E-state index is 11.6. The van der Waals surface area contributed by atoms with E-state index in [4.69, 9.17) is 5.11 Å². The van der Waals surface area contributed by atoms with E-state index in [2.05, 4.69) is 9.47 Å². The number of hydrogen-bond donors (Lipinski definition) is 2. The first kappa shape index (κ1) is 17.8. The molecule has 0 heterocycles. The van der Waals surface area contributed by atoms with Crippen LogP contribution in [0.5, 0.6) is 0 Å². The lowest BCUT2D eigenvalue weighted by atomic mass is 10.2. The van der Waals surface area contributed by atoms with E-state index < -0.39 is 43.0 Å². The number of nitrogens with zero attached hydrogens (tertiary/aromatic N) is 1. The van der Waals surface area contributed by atoms with E-state index in [1.54, 1.807) is 6.92 Å². The highest BCUT2D eigenvalue weighted by Crippen LogP contribution is 2.00. The monoisotopic (exact) mass is 290 g/mol. The van der Waals surface area contributed by atoms with E-state index in [0.717, 1.165) is 4.90 Å². The van der Waals surface area contributed by atoms with E-state index in [9.17, 15) is 19.2 Å². The summed E-state index contributed by atoms with van der Waals surface area (Å²) in [6, 6.07) is -0.718. The van der Waals surface area contributed by atoms with Crippen molar-refractivity contribution in [1.82, 2.24) is 10.2 Å².